The lowest BCUT2D eigenvalue weighted by Gasteiger charge is -2.39. The van der Waals surface area contributed by atoms with Crippen molar-refractivity contribution in [1.82, 2.24) is 23.9 Å². The monoisotopic (exact) mass is 325 g/mol. The Labute approximate surface area is 137 Å². The molecule has 0 atom stereocenters. The molecule has 4 heterocycles. The Morgan fingerprint density at radius 3 is 2.70 bits per heavy atom. The lowest BCUT2D eigenvalue weighted by Crippen LogP contribution is -2.50. The van der Waals surface area contributed by atoms with Gasteiger partial charge in [-0.05, 0) is 24.3 Å². The zero-order valence-corrected chi connectivity index (χ0v) is 13.1. The predicted molar refractivity (Wildman–Crippen MR) is 89.4 cm³/mol. The van der Waals surface area contributed by atoms with Crippen LogP contribution in [0.4, 0.5) is 11.6 Å². The molecule has 7 nitrogen and oxygen atoms in total. The molecule has 1 aliphatic heterocycles. The summed E-state index contributed by atoms with van der Waals surface area (Å²) in [5, 5.41) is 11.9. The molecule has 3 aromatic rings. The van der Waals surface area contributed by atoms with Gasteiger partial charge in [0.25, 0.3) is 0 Å². The van der Waals surface area contributed by atoms with Gasteiger partial charge in [0.1, 0.15) is 0 Å². The first-order valence-electron chi connectivity index (χ1n) is 7.39. The molecular formula is C15H15N7S. The van der Waals surface area contributed by atoms with Crippen LogP contribution in [0.5, 0.6) is 0 Å². The highest BCUT2D eigenvalue weighted by Gasteiger charge is 2.27. The summed E-state index contributed by atoms with van der Waals surface area (Å²) in [6.45, 7) is 2.87. The van der Waals surface area contributed by atoms with Crippen LogP contribution in [0, 0.1) is 5.92 Å². The number of pyridine rings is 1. The Morgan fingerprint density at radius 2 is 2.00 bits per heavy atom. The van der Waals surface area contributed by atoms with Crippen LogP contribution in [-0.4, -0.2) is 43.6 Å². The summed E-state index contributed by atoms with van der Waals surface area (Å²) in [7, 11) is 0. The zero-order valence-electron chi connectivity index (χ0n) is 12.3. The summed E-state index contributed by atoms with van der Waals surface area (Å²) in [6.07, 6.45) is 5.27. The summed E-state index contributed by atoms with van der Waals surface area (Å²) in [5.41, 5.74) is 1.90. The number of hydrogen-bond donors (Lipinski definition) is 1. The molecule has 0 spiro atoms. The number of rotatable bonds is 5. The highest BCUT2D eigenvalue weighted by atomic mass is 32.1. The van der Waals surface area contributed by atoms with Crippen LogP contribution in [0.25, 0.3) is 11.3 Å². The first kappa shape index (κ1) is 14.0. The maximum Gasteiger partial charge on any atom is 0.160 e. The molecule has 1 aliphatic rings. The van der Waals surface area contributed by atoms with Gasteiger partial charge in [0, 0.05) is 43.5 Å². The average molecular weight is 325 g/mol. The number of hydrogen-bond acceptors (Lipinski definition) is 8. The van der Waals surface area contributed by atoms with Gasteiger partial charge in [0.15, 0.2) is 11.6 Å². The summed E-state index contributed by atoms with van der Waals surface area (Å²) in [4.78, 5) is 6.24. The number of anilines is 2. The van der Waals surface area contributed by atoms with Crippen LogP contribution in [-0.2, 0) is 0 Å². The van der Waals surface area contributed by atoms with Crippen molar-refractivity contribution in [3.05, 3.63) is 42.9 Å². The van der Waals surface area contributed by atoms with Gasteiger partial charge in [-0.3, -0.25) is 4.98 Å². The summed E-state index contributed by atoms with van der Waals surface area (Å²) in [5.74, 6) is 2.38. The van der Waals surface area contributed by atoms with Gasteiger partial charge in [0.05, 0.1) is 23.6 Å². The molecule has 3 aromatic heterocycles. The Bertz CT molecular complexity index is 739. The van der Waals surface area contributed by atoms with Crippen molar-refractivity contribution in [2.75, 3.05) is 29.9 Å². The quantitative estimate of drug-likeness (QED) is 0.768. The molecule has 1 fully saturated rings. The second-order valence-electron chi connectivity index (χ2n) is 5.46. The van der Waals surface area contributed by atoms with Crippen LogP contribution < -0.4 is 10.2 Å². The number of nitrogens with one attached hydrogen (secondary N) is 1. The van der Waals surface area contributed by atoms with Gasteiger partial charge in [-0.25, -0.2) is 0 Å². The molecule has 0 amide bonds. The van der Waals surface area contributed by atoms with Crippen LogP contribution >= 0.6 is 11.7 Å². The average Bonchev–Trinajstić information content (AvgIpc) is 3.08. The molecule has 0 bridgehead atoms. The van der Waals surface area contributed by atoms with E-state index in [0.717, 1.165) is 42.5 Å². The highest BCUT2D eigenvalue weighted by molar-refractivity contribution is 6.99. The van der Waals surface area contributed by atoms with Crippen molar-refractivity contribution >= 4 is 23.4 Å². The first-order valence-corrected chi connectivity index (χ1v) is 8.12. The largest absolute Gasteiger partial charge is 0.367 e. The van der Waals surface area contributed by atoms with Crippen LogP contribution in [0.2, 0.25) is 0 Å². The highest BCUT2D eigenvalue weighted by Crippen LogP contribution is 2.24. The second kappa shape index (κ2) is 6.25. The van der Waals surface area contributed by atoms with Crippen molar-refractivity contribution in [3.8, 4) is 11.3 Å². The summed E-state index contributed by atoms with van der Waals surface area (Å²) in [6, 6.07) is 7.89. The number of nitrogens with zero attached hydrogens (tertiary/aromatic N) is 6. The Kier molecular flexibility index (Phi) is 3.81. The van der Waals surface area contributed by atoms with Crippen molar-refractivity contribution < 1.29 is 0 Å². The fourth-order valence-corrected chi connectivity index (χ4v) is 2.94. The topological polar surface area (TPSA) is 79.7 Å². The maximum atomic E-state index is 4.34. The molecule has 23 heavy (non-hydrogen) atoms. The lowest BCUT2D eigenvalue weighted by atomic mass is 10.0. The van der Waals surface area contributed by atoms with Crippen LogP contribution in [0.15, 0.2) is 42.9 Å². The maximum absolute atomic E-state index is 4.34. The third kappa shape index (κ3) is 3.11. The molecule has 8 heteroatoms. The molecule has 0 radical (unpaired) electrons. The van der Waals surface area contributed by atoms with Gasteiger partial charge in [0.2, 0.25) is 0 Å². The fraction of sp³-hybridized carbons (Fsp3) is 0.267. The lowest BCUT2D eigenvalue weighted by molar-refractivity contribution is 0.425. The van der Waals surface area contributed by atoms with Crippen LogP contribution in [0.1, 0.15) is 0 Å². The Hall–Kier alpha value is -2.61. The first-order chi connectivity index (χ1) is 11.4. The van der Waals surface area contributed by atoms with Crippen molar-refractivity contribution in [2.24, 2.45) is 5.92 Å². The van der Waals surface area contributed by atoms with Gasteiger partial charge in [-0.2, -0.15) is 8.75 Å². The molecule has 1 N–H and O–H groups in total. The van der Waals surface area contributed by atoms with E-state index in [0.29, 0.717) is 5.92 Å². The van der Waals surface area contributed by atoms with Crippen LogP contribution in [0.3, 0.4) is 0 Å². The summed E-state index contributed by atoms with van der Waals surface area (Å²) >= 11 is 1.22. The third-order valence-corrected chi connectivity index (χ3v) is 4.32. The van der Waals surface area contributed by atoms with Gasteiger partial charge in [-0.1, -0.05) is 0 Å². The molecule has 0 unspecified atom stereocenters. The van der Waals surface area contributed by atoms with Crippen molar-refractivity contribution in [2.45, 2.75) is 0 Å². The Morgan fingerprint density at radius 1 is 1.13 bits per heavy atom. The van der Waals surface area contributed by atoms with E-state index in [4.69, 9.17) is 0 Å². The molecule has 1 saturated heterocycles. The number of aromatic nitrogens is 5. The minimum Gasteiger partial charge on any atom is -0.367 e. The SMILES string of the molecule is c1cc(-c2ccc(N3CC(CNc4cnsn4)C3)nn2)ccn1. The molecular weight excluding hydrogens is 310 g/mol. The minimum atomic E-state index is 0.596. The van der Waals surface area contributed by atoms with Crippen molar-refractivity contribution in [1.29, 1.82) is 0 Å². The van der Waals surface area contributed by atoms with Gasteiger partial charge in [-0.15, -0.1) is 10.2 Å². The third-order valence-electron chi connectivity index (χ3n) is 3.84. The minimum absolute atomic E-state index is 0.596. The standard InChI is InChI=1S/C15H15N7S/c1-2-15(20-19-13(1)12-3-5-16-6-4-12)22-9-11(10-22)7-17-14-8-18-23-21-14/h1-6,8,11H,7,9-10H2,(H,17,21). The van der Waals surface area contributed by atoms with E-state index in [-0.39, 0.29) is 0 Å². The Balaban J connectivity index is 1.32. The van der Waals surface area contributed by atoms with Crippen molar-refractivity contribution in [3.63, 3.8) is 0 Å². The smallest absolute Gasteiger partial charge is 0.160 e. The van der Waals surface area contributed by atoms with E-state index >= 15 is 0 Å². The van der Waals surface area contributed by atoms with E-state index in [1.54, 1.807) is 18.6 Å². The molecule has 0 saturated carbocycles. The molecule has 0 aromatic carbocycles. The molecule has 4 rings (SSSR count). The fourth-order valence-electron chi connectivity index (χ4n) is 2.55. The normalized spacial score (nSPS) is 14.5. The summed E-state index contributed by atoms with van der Waals surface area (Å²) < 4.78 is 8.12. The van der Waals surface area contributed by atoms with E-state index in [1.165, 1.54) is 11.7 Å². The molecule has 0 aliphatic carbocycles. The van der Waals surface area contributed by atoms with E-state index in [2.05, 4.69) is 34.1 Å². The predicted octanol–water partition coefficient (Wildman–Crippen LogP) is 1.94. The van der Waals surface area contributed by atoms with E-state index < -0.39 is 0 Å². The second-order valence-corrected chi connectivity index (χ2v) is 6.01. The molecule has 116 valence electrons. The zero-order chi connectivity index (χ0) is 15.5. The van der Waals surface area contributed by atoms with Gasteiger partial charge >= 0.3 is 0 Å². The van der Waals surface area contributed by atoms with E-state index in [9.17, 15) is 0 Å². The van der Waals surface area contributed by atoms with E-state index in [1.807, 2.05) is 24.3 Å². The van der Waals surface area contributed by atoms with Gasteiger partial charge < -0.3 is 10.2 Å².